The van der Waals surface area contributed by atoms with E-state index in [-0.39, 0.29) is 11.1 Å². The van der Waals surface area contributed by atoms with Gasteiger partial charge in [-0.25, -0.2) is 0 Å². The Morgan fingerprint density at radius 1 is 1.55 bits per heavy atom. The van der Waals surface area contributed by atoms with Gasteiger partial charge in [-0.15, -0.1) is 11.6 Å². The molecule has 20 heavy (non-hydrogen) atoms. The van der Waals surface area contributed by atoms with Crippen LogP contribution in [0.25, 0.3) is 0 Å². The Balaban J connectivity index is 2.24. The molecule has 106 valence electrons. The molecule has 0 amide bonds. The second-order valence-corrected chi connectivity index (χ2v) is 5.67. The maximum Gasteiger partial charge on any atom is 0.283 e. The quantitative estimate of drug-likeness (QED) is 0.455. The molecule has 2 rings (SSSR count). The van der Waals surface area contributed by atoms with Crippen molar-refractivity contribution in [3.63, 3.8) is 0 Å². The maximum atomic E-state index is 10.9. The summed E-state index contributed by atoms with van der Waals surface area (Å²) in [5.41, 5.74) is 1.81. The fraction of sp³-hybridized carbons (Fsp3) is 0.308. The molecule has 2 aromatic rings. The molecule has 0 aliphatic heterocycles. The first-order valence-electron chi connectivity index (χ1n) is 6.11. The molecule has 0 radical (unpaired) electrons. The minimum absolute atomic E-state index is 0.0543. The lowest BCUT2D eigenvalue weighted by molar-refractivity contribution is -0.385. The molecule has 1 atom stereocenters. The van der Waals surface area contributed by atoms with E-state index in [4.69, 9.17) is 11.6 Å². The fourth-order valence-corrected chi connectivity index (χ4v) is 2.51. The minimum Gasteiger partial charge on any atom is -0.268 e. The summed E-state index contributed by atoms with van der Waals surface area (Å²) in [7, 11) is 0. The Morgan fingerprint density at radius 3 is 2.95 bits per heavy atom. The highest BCUT2D eigenvalue weighted by atomic mass is 79.9. The van der Waals surface area contributed by atoms with Gasteiger partial charge in [-0.05, 0) is 27.9 Å². The van der Waals surface area contributed by atoms with Gasteiger partial charge in [0, 0.05) is 17.8 Å². The molecule has 0 aliphatic carbocycles. The number of nitro groups is 1. The van der Waals surface area contributed by atoms with Crippen LogP contribution in [0.15, 0.2) is 35.1 Å². The average molecular weight is 359 g/mol. The smallest absolute Gasteiger partial charge is 0.268 e. The van der Waals surface area contributed by atoms with Crippen molar-refractivity contribution in [2.24, 2.45) is 0 Å². The van der Waals surface area contributed by atoms with Crippen LogP contribution in [0.3, 0.4) is 0 Å². The van der Waals surface area contributed by atoms with Crippen LogP contribution >= 0.6 is 27.5 Å². The zero-order valence-corrected chi connectivity index (χ0v) is 13.1. The summed E-state index contributed by atoms with van der Waals surface area (Å²) >= 11 is 9.43. The van der Waals surface area contributed by atoms with Crippen LogP contribution in [0.1, 0.15) is 29.8 Å². The molecule has 1 heterocycles. The van der Waals surface area contributed by atoms with Gasteiger partial charge in [-0.3, -0.25) is 14.8 Å². The van der Waals surface area contributed by atoms with Gasteiger partial charge >= 0.3 is 0 Å². The van der Waals surface area contributed by atoms with E-state index < -0.39 is 4.92 Å². The van der Waals surface area contributed by atoms with Gasteiger partial charge in [0.1, 0.15) is 4.47 Å². The predicted octanol–water partition coefficient (Wildman–Crippen LogP) is 4.29. The van der Waals surface area contributed by atoms with Crippen LogP contribution in [0, 0.1) is 10.1 Å². The van der Waals surface area contributed by atoms with Crippen molar-refractivity contribution >= 4 is 33.2 Å². The lowest BCUT2D eigenvalue weighted by Gasteiger charge is -2.05. The van der Waals surface area contributed by atoms with Crippen LogP contribution in [0.5, 0.6) is 0 Å². The van der Waals surface area contributed by atoms with Crippen molar-refractivity contribution in [3.05, 3.63) is 56.3 Å². The van der Waals surface area contributed by atoms with Crippen molar-refractivity contribution < 1.29 is 4.92 Å². The minimum atomic E-state index is -0.409. The van der Waals surface area contributed by atoms with Gasteiger partial charge < -0.3 is 0 Å². The molecule has 1 unspecified atom stereocenters. The van der Waals surface area contributed by atoms with E-state index in [0.717, 1.165) is 17.5 Å². The molecule has 0 bridgehead atoms. The monoisotopic (exact) mass is 357 g/mol. The second kappa shape index (κ2) is 6.37. The number of nitro benzene ring substituents is 1. The third-order valence-corrected chi connectivity index (χ3v) is 4.44. The summed E-state index contributed by atoms with van der Waals surface area (Å²) in [5, 5.41) is 15.1. The third-order valence-electron chi connectivity index (χ3n) is 2.96. The summed E-state index contributed by atoms with van der Waals surface area (Å²) in [5.74, 6) is 0. The number of alkyl halides is 1. The number of nitrogens with zero attached hydrogens (tertiary/aromatic N) is 3. The normalized spacial score (nSPS) is 12.3. The Bertz CT molecular complexity index is 630. The van der Waals surface area contributed by atoms with Crippen LogP contribution in [0.2, 0.25) is 0 Å². The molecule has 1 aromatic carbocycles. The first-order valence-corrected chi connectivity index (χ1v) is 7.34. The first-order chi connectivity index (χ1) is 9.52. The zero-order valence-electron chi connectivity index (χ0n) is 10.8. The summed E-state index contributed by atoms with van der Waals surface area (Å²) < 4.78 is 2.21. The van der Waals surface area contributed by atoms with E-state index in [0.29, 0.717) is 11.0 Å². The second-order valence-electron chi connectivity index (χ2n) is 4.35. The van der Waals surface area contributed by atoms with Crippen LogP contribution < -0.4 is 0 Å². The van der Waals surface area contributed by atoms with E-state index in [1.54, 1.807) is 16.9 Å². The SMILES string of the molecule is CCC(Cl)c1cnn(Cc2cccc([N+](=O)[O-])c2Br)c1. The Labute approximate surface area is 129 Å². The predicted molar refractivity (Wildman–Crippen MR) is 81.0 cm³/mol. The van der Waals surface area contributed by atoms with E-state index >= 15 is 0 Å². The average Bonchev–Trinajstić information content (AvgIpc) is 2.88. The van der Waals surface area contributed by atoms with Gasteiger partial charge in [0.05, 0.1) is 23.0 Å². The highest BCUT2D eigenvalue weighted by molar-refractivity contribution is 9.10. The van der Waals surface area contributed by atoms with Gasteiger partial charge in [0.15, 0.2) is 0 Å². The summed E-state index contributed by atoms with van der Waals surface area (Å²) in [6.07, 6.45) is 4.42. The van der Waals surface area contributed by atoms with E-state index in [1.807, 2.05) is 19.2 Å². The number of rotatable bonds is 5. The van der Waals surface area contributed by atoms with Crippen LogP contribution in [0.4, 0.5) is 5.69 Å². The van der Waals surface area contributed by atoms with Crippen molar-refractivity contribution in [1.29, 1.82) is 0 Å². The largest absolute Gasteiger partial charge is 0.283 e. The van der Waals surface area contributed by atoms with Crippen molar-refractivity contribution in [1.82, 2.24) is 9.78 Å². The van der Waals surface area contributed by atoms with E-state index in [1.165, 1.54) is 6.07 Å². The number of halogens is 2. The molecular weight excluding hydrogens is 346 g/mol. The first kappa shape index (κ1) is 15.0. The Kier molecular flexibility index (Phi) is 4.77. The molecule has 0 aliphatic rings. The summed E-state index contributed by atoms with van der Waals surface area (Å²) in [6, 6.07) is 4.96. The zero-order chi connectivity index (χ0) is 14.7. The van der Waals surface area contributed by atoms with Gasteiger partial charge in [0.25, 0.3) is 5.69 Å². The summed E-state index contributed by atoms with van der Waals surface area (Å²) in [4.78, 5) is 10.5. The van der Waals surface area contributed by atoms with Crippen LogP contribution in [-0.2, 0) is 6.54 Å². The van der Waals surface area contributed by atoms with Crippen molar-refractivity contribution in [2.75, 3.05) is 0 Å². The summed E-state index contributed by atoms with van der Waals surface area (Å²) in [6.45, 7) is 2.46. The van der Waals surface area contributed by atoms with E-state index in [9.17, 15) is 10.1 Å². The van der Waals surface area contributed by atoms with E-state index in [2.05, 4.69) is 21.0 Å². The molecule has 0 fully saturated rings. The number of hydrogen-bond donors (Lipinski definition) is 0. The number of benzene rings is 1. The highest BCUT2D eigenvalue weighted by Crippen LogP contribution is 2.29. The molecule has 0 saturated heterocycles. The number of aromatic nitrogens is 2. The molecule has 0 saturated carbocycles. The molecular formula is C13H13BrClN3O2. The van der Waals surface area contributed by atoms with Crippen LogP contribution in [-0.4, -0.2) is 14.7 Å². The Morgan fingerprint density at radius 2 is 2.30 bits per heavy atom. The standard InChI is InChI=1S/C13H13BrClN3O2/c1-2-11(15)10-6-16-17(8-10)7-9-4-3-5-12(13(9)14)18(19)20/h3-6,8,11H,2,7H2,1H3. The third kappa shape index (κ3) is 3.19. The van der Waals surface area contributed by atoms with Crippen molar-refractivity contribution in [2.45, 2.75) is 25.3 Å². The molecule has 0 N–H and O–H groups in total. The Hall–Kier alpha value is -1.40. The van der Waals surface area contributed by atoms with Gasteiger partial charge in [-0.2, -0.15) is 5.10 Å². The lowest BCUT2D eigenvalue weighted by atomic mass is 10.2. The van der Waals surface area contributed by atoms with Crippen molar-refractivity contribution in [3.8, 4) is 0 Å². The molecule has 1 aromatic heterocycles. The lowest BCUT2D eigenvalue weighted by Crippen LogP contribution is -2.02. The molecule has 7 heteroatoms. The number of hydrogen-bond acceptors (Lipinski definition) is 3. The molecule has 5 nitrogen and oxygen atoms in total. The maximum absolute atomic E-state index is 10.9. The van der Waals surface area contributed by atoms with Gasteiger partial charge in [-0.1, -0.05) is 19.1 Å². The highest BCUT2D eigenvalue weighted by Gasteiger charge is 2.15. The topological polar surface area (TPSA) is 61.0 Å². The van der Waals surface area contributed by atoms with Gasteiger partial charge in [0.2, 0.25) is 0 Å². The molecule has 0 spiro atoms. The fourth-order valence-electron chi connectivity index (χ4n) is 1.87.